The molecule has 0 aliphatic carbocycles. The second-order valence-corrected chi connectivity index (χ2v) is 3.16. The van der Waals surface area contributed by atoms with Gasteiger partial charge >= 0.3 is 5.97 Å². The largest absolute Gasteiger partial charge is 0.468 e. The van der Waals surface area contributed by atoms with Gasteiger partial charge in [-0.25, -0.2) is 0 Å². The van der Waals surface area contributed by atoms with Crippen LogP contribution >= 0.6 is 0 Å². The van der Waals surface area contributed by atoms with Crippen LogP contribution in [0.3, 0.4) is 0 Å². The molecule has 84 valence electrons. The van der Waals surface area contributed by atoms with E-state index >= 15 is 0 Å². The Morgan fingerprint density at radius 2 is 1.93 bits per heavy atom. The minimum absolute atomic E-state index is 0.196. The summed E-state index contributed by atoms with van der Waals surface area (Å²) in [6.45, 7) is 3.34. The van der Waals surface area contributed by atoms with Gasteiger partial charge in [-0.1, -0.05) is 13.8 Å². The van der Waals surface area contributed by atoms with Gasteiger partial charge in [0.05, 0.1) is 13.2 Å². The van der Waals surface area contributed by atoms with Crippen molar-refractivity contribution in [1.82, 2.24) is 5.32 Å². The monoisotopic (exact) mass is 212 g/mol. The molecule has 1 N–H and O–H groups in total. The molecule has 0 spiro atoms. The third kappa shape index (κ3) is 3.24. The number of carbonyl (C=O) groups excluding carboxylic acids is 2. The first-order valence-corrected chi connectivity index (χ1v) is 4.82. The van der Waals surface area contributed by atoms with Crippen molar-refractivity contribution in [2.75, 3.05) is 13.7 Å². The van der Waals surface area contributed by atoms with E-state index in [1.54, 1.807) is 13.8 Å². The number of carbonyl (C=O) groups is 2. The maximum atomic E-state index is 11.6. The maximum Gasteiger partial charge on any atom is 0.325 e. The van der Waals surface area contributed by atoms with Crippen LogP contribution in [0, 0.1) is 16.7 Å². The minimum atomic E-state index is -1.03. The molecule has 1 amide bonds. The van der Waals surface area contributed by atoms with Crippen LogP contribution in [0.25, 0.3) is 0 Å². The summed E-state index contributed by atoms with van der Waals surface area (Å²) in [5.41, 5.74) is -1.03. The van der Waals surface area contributed by atoms with E-state index in [0.717, 1.165) is 0 Å². The number of hydrogen-bond donors (Lipinski definition) is 1. The summed E-state index contributed by atoms with van der Waals surface area (Å²) in [6, 6.07) is 1.99. The maximum absolute atomic E-state index is 11.6. The summed E-state index contributed by atoms with van der Waals surface area (Å²) in [4.78, 5) is 22.4. The second-order valence-electron chi connectivity index (χ2n) is 3.16. The second kappa shape index (κ2) is 6.02. The van der Waals surface area contributed by atoms with Crippen molar-refractivity contribution in [1.29, 1.82) is 5.26 Å². The summed E-state index contributed by atoms with van der Waals surface area (Å²) in [5, 5.41) is 11.3. The molecule has 0 aromatic heterocycles. The average Bonchev–Trinajstić information content (AvgIpc) is 2.28. The highest BCUT2D eigenvalue weighted by atomic mass is 16.5. The number of esters is 1. The number of methoxy groups -OCH3 is 1. The molecule has 0 heterocycles. The van der Waals surface area contributed by atoms with Gasteiger partial charge in [-0.3, -0.25) is 9.59 Å². The normalized spacial score (nSPS) is 10.3. The zero-order chi connectivity index (χ0) is 11.9. The van der Waals surface area contributed by atoms with Crippen molar-refractivity contribution < 1.29 is 14.3 Å². The molecule has 0 unspecified atom stereocenters. The van der Waals surface area contributed by atoms with Crippen LogP contribution in [0.5, 0.6) is 0 Å². The van der Waals surface area contributed by atoms with Crippen molar-refractivity contribution in [3.05, 3.63) is 0 Å². The number of amides is 1. The summed E-state index contributed by atoms with van der Waals surface area (Å²) in [7, 11) is 1.24. The fourth-order valence-corrected chi connectivity index (χ4v) is 1.17. The lowest BCUT2D eigenvalue weighted by atomic mass is 9.83. The van der Waals surface area contributed by atoms with Gasteiger partial charge in [0.1, 0.15) is 12.0 Å². The van der Waals surface area contributed by atoms with Crippen molar-refractivity contribution in [2.24, 2.45) is 5.41 Å². The first-order chi connectivity index (χ1) is 7.06. The SMILES string of the molecule is CCC(C#N)(CC)C(=O)NCC(=O)OC. The predicted octanol–water partition coefficient (Wildman–Crippen LogP) is 0.606. The molecule has 0 rings (SSSR count). The summed E-state index contributed by atoms with van der Waals surface area (Å²) < 4.78 is 4.38. The van der Waals surface area contributed by atoms with Gasteiger partial charge < -0.3 is 10.1 Å². The van der Waals surface area contributed by atoms with Crippen LogP contribution in [0.1, 0.15) is 26.7 Å². The number of rotatable bonds is 5. The molecule has 0 bridgehead atoms. The standard InChI is InChI=1S/C10H16N2O3/c1-4-10(5-2,7-11)9(14)12-6-8(13)15-3/h4-6H2,1-3H3,(H,12,14). The topological polar surface area (TPSA) is 79.2 Å². The number of nitrogens with one attached hydrogen (secondary N) is 1. The fraction of sp³-hybridized carbons (Fsp3) is 0.700. The lowest BCUT2D eigenvalue weighted by Gasteiger charge is -2.21. The van der Waals surface area contributed by atoms with E-state index in [4.69, 9.17) is 5.26 Å². The smallest absolute Gasteiger partial charge is 0.325 e. The lowest BCUT2D eigenvalue weighted by Crippen LogP contribution is -2.41. The Hall–Kier alpha value is -1.57. The van der Waals surface area contributed by atoms with Crippen LogP contribution in [0.15, 0.2) is 0 Å². The molecule has 15 heavy (non-hydrogen) atoms. The van der Waals surface area contributed by atoms with E-state index < -0.39 is 17.3 Å². The van der Waals surface area contributed by atoms with E-state index in [2.05, 4.69) is 10.1 Å². The zero-order valence-corrected chi connectivity index (χ0v) is 9.29. The molecular formula is C10H16N2O3. The Labute approximate surface area is 89.4 Å². The molecule has 0 fully saturated rings. The Balaban J connectivity index is 4.42. The highest BCUT2D eigenvalue weighted by Gasteiger charge is 2.34. The molecule has 0 aliphatic heterocycles. The zero-order valence-electron chi connectivity index (χ0n) is 9.29. The van der Waals surface area contributed by atoms with Crippen molar-refractivity contribution in [2.45, 2.75) is 26.7 Å². The van der Waals surface area contributed by atoms with Crippen LogP contribution < -0.4 is 5.32 Å². The third-order valence-corrected chi connectivity index (χ3v) is 2.48. The van der Waals surface area contributed by atoms with Crippen LogP contribution in [-0.4, -0.2) is 25.5 Å². The van der Waals surface area contributed by atoms with E-state index in [0.29, 0.717) is 12.8 Å². The predicted molar refractivity (Wildman–Crippen MR) is 53.7 cm³/mol. The van der Waals surface area contributed by atoms with E-state index in [1.165, 1.54) is 7.11 Å². The van der Waals surface area contributed by atoms with Gasteiger partial charge in [0.15, 0.2) is 0 Å². The van der Waals surface area contributed by atoms with Gasteiger partial charge in [-0.2, -0.15) is 5.26 Å². The Morgan fingerprint density at radius 3 is 2.27 bits per heavy atom. The molecule has 0 aromatic rings. The average molecular weight is 212 g/mol. The molecule has 0 radical (unpaired) electrons. The number of ether oxygens (including phenoxy) is 1. The third-order valence-electron chi connectivity index (χ3n) is 2.48. The molecule has 5 nitrogen and oxygen atoms in total. The van der Waals surface area contributed by atoms with Crippen molar-refractivity contribution in [3.63, 3.8) is 0 Å². The fourth-order valence-electron chi connectivity index (χ4n) is 1.17. The molecule has 0 saturated carbocycles. The van der Waals surface area contributed by atoms with E-state index in [1.807, 2.05) is 6.07 Å². The summed E-state index contributed by atoms with van der Waals surface area (Å²) in [5.74, 6) is -0.942. The van der Waals surface area contributed by atoms with Crippen molar-refractivity contribution >= 4 is 11.9 Å². The van der Waals surface area contributed by atoms with Gasteiger partial charge in [0, 0.05) is 0 Å². The van der Waals surface area contributed by atoms with Crippen molar-refractivity contribution in [3.8, 4) is 6.07 Å². The first-order valence-electron chi connectivity index (χ1n) is 4.82. The summed E-state index contributed by atoms with van der Waals surface area (Å²) in [6.07, 6.45) is 0.847. The van der Waals surface area contributed by atoms with E-state index in [9.17, 15) is 9.59 Å². The summed E-state index contributed by atoms with van der Waals surface area (Å²) >= 11 is 0. The van der Waals surface area contributed by atoms with Gasteiger partial charge in [0.25, 0.3) is 0 Å². The molecule has 0 aromatic carbocycles. The lowest BCUT2D eigenvalue weighted by molar-refractivity contribution is -0.142. The van der Waals surface area contributed by atoms with Gasteiger partial charge in [0.2, 0.25) is 5.91 Å². The molecule has 0 atom stereocenters. The van der Waals surface area contributed by atoms with E-state index in [-0.39, 0.29) is 6.54 Å². The molecule has 5 heteroatoms. The highest BCUT2D eigenvalue weighted by Crippen LogP contribution is 2.25. The number of hydrogen-bond acceptors (Lipinski definition) is 4. The van der Waals surface area contributed by atoms with Crippen LogP contribution in [-0.2, 0) is 14.3 Å². The first kappa shape index (κ1) is 13.4. The minimum Gasteiger partial charge on any atom is -0.468 e. The quantitative estimate of drug-likeness (QED) is 0.677. The van der Waals surface area contributed by atoms with Gasteiger partial charge in [-0.05, 0) is 12.8 Å². The van der Waals surface area contributed by atoms with Gasteiger partial charge in [-0.15, -0.1) is 0 Å². The Bertz CT molecular complexity index is 277. The van der Waals surface area contributed by atoms with Crippen LogP contribution in [0.2, 0.25) is 0 Å². The Morgan fingerprint density at radius 1 is 1.40 bits per heavy atom. The molecule has 0 aliphatic rings. The number of nitriles is 1. The highest BCUT2D eigenvalue weighted by molar-refractivity contribution is 5.88. The van der Waals surface area contributed by atoms with Crippen LogP contribution in [0.4, 0.5) is 0 Å². The molecule has 0 saturated heterocycles. The molecular weight excluding hydrogens is 196 g/mol. The Kier molecular flexibility index (Phi) is 5.39. The number of nitrogens with zero attached hydrogens (tertiary/aromatic N) is 1.